The van der Waals surface area contributed by atoms with Crippen LogP contribution in [-0.2, 0) is 16.8 Å². The number of carbonyl (C=O) groups excluding carboxylic acids is 2. The number of nitriles is 1. The van der Waals surface area contributed by atoms with Gasteiger partial charge in [-0.25, -0.2) is 14.8 Å². The van der Waals surface area contributed by atoms with E-state index in [1.165, 1.54) is 58.1 Å². The van der Waals surface area contributed by atoms with Crippen LogP contribution in [0.4, 0.5) is 22.1 Å². The van der Waals surface area contributed by atoms with Gasteiger partial charge in [0.1, 0.15) is 18.4 Å². The maximum Gasteiger partial charge on any atom is 0.328 e. The highest BCUT2D eigenvalue weighted by atomic mass is 35.5. The quantitative estimate of drug-likeness (QED) is 0.149. The Kier molecular flexibility index (Phi) is 13.0. The molecule has 0 aliphatic carbocycles. The predicted molar refractivity (Wildman–Crippen MR) is 239 cm³/mol. The van der Waals surface area contributed by atoms with Crippen molar-refractivity contribution in [1.82, 2.24) is 20.2 Å². The first kappa shape index (κ1) is 42.3. The Balaban J connectivity index is 0.747. The van der Waals surface area contributed by atoms with Crippen LogP contribution in [0.3, 0.4) is 0 Å². The molecular formula is C48H57ClN8O4. The number of rotatable bonds is 12. The average molecular weight is 845 g/mol. The first-order chi connectivity index (χ1) is 29.6. The molecule has 3 amide bonds. The summed E-state index contributed by atoms with van der Waals surface area (Å²) in [5.41, 5.74) is 4.91. The average Bonchev–Trinajstić information content (AvgIpc) is 3.29. The number of hydrogen-bond acceptors (Lipinski definition) is 10. The number of nitrogens with one attached hydrogen (secondary N) is 1. The number of imide groups is 1. The van der Waals surface area contributed by atoms with E-state index < -0.39 is 5.41 Å². The van der Waals surface area contributed by atoms with E-state index in [1.54, 1.807) is 4.90 Å². The largest absolute Gasteiger partial charge is 0.494 e. The van der Waals surface area contributed by atoms with Gasteiger partial charge in [-0.15, -0.1) is 0 Å². The van der Waals surface area contributed by atoms with Crippen LogP contribution in [0.25, 0.3) is 0 Å². The first-order valence-corrected chi connectivity index (χ1v) is 22.2. The van der Waals surface area contributed by atoms with Crippen molar-refractivity contribution in [3.05, 3.63) is 100 Å². The summed E-state index contributed by atoms with van der Waals surface area (Å²) in [6.45, 7) is 12.7. The lowest BCUT2D eigenvalue weighted by Gasteiger charge is -2.42. The fourth-order valence-electron chi connectivity index (χ4n) is 9.72. The first-order valence-electron chi connectivity index (χ1n) is 21.8. The van der Waals surface area contributed by atoms with Gasteiger partial charge in [0.05, 0.1) is 23.4 Å². The molecule has 0 atom stereocenters. The number of urea groups is 1. The molecular weight excluding hydrogens is 788 g/mol. The second kappa shape index (κ2) is 18.7. The van der Waals surface area contributed by atoms with E-state index in [1.807, 2.05) is 48.7 Å². The van der Waals surface area contributed by atoms with E-state index >= 15 is 0 Å². The third-order valence-electron chi connectivity index (χ3n) is 13.6. The van der Waals surface area contributed by atoms with Gasteiger partial charge in [-0.2, -0.15) is 5.26 Å². The number of anilines is 3. The lowest BCUT2D eigenvalue weighted by molar-refractivity contribution is -0.120. The van der Waals surface area contributed by atoms with Crippen molar-refractivity contribution in [2.45, 2.75) is 70.8 Å². The van der Waals surface area contributed by atoms with E-state index in [-0.39, 0.29) is 11.9 Å². The highest BCUT2D eigenvalue weighted by molar-refractivity contribution is 6.32. The van der Waals surface area contributed by atoms with Crippen LogP contribution in [0.1, 0.15) is 81.2 Å². The number of halogens is 1. The van der Waals surface area contributed by atoms with Gasteiger partial charge in [0, 0.05) is 68.7 Å². The molecule has 5 heterocycles. The number of ether oxygens (including phenoxy) is 2. The topological polar surface area (TPSA) is 127 Å². The fraction of sp³-hybridized carbons (Fsp3) is 0.479. The zero-order valence-corrected chi connectivity index (χ0v) is 36.4. The summed E-state index contributed by atoms with van der Waals surface area (Å²) in [6, 6.07) is 23.8. The van der Waals surface area contributed by atoms with Crippen LogP contribution in [0.2, 0.25) is 5.02 Å². The summed E-state index contributed by atoms with van der Waals surface area (Å²) in [7, 11) is 1.52. The fourth-order valence-corrected chi connectivity index (χ4v) is 10.0. The molecule has 12 nitrogen and oxygen atoms in total. The SMILES string of the molecule is COc1c(Cl)cc(C(C)(C)c2ccc(OCc3ccnc(N4CCC(CN5CCC(C6CCN(c7ccc(N8CCC(=O)NC8=O)cc7)CC6)CC5)CC4)n3)cc2)cc1C#N. The molecule has 4 aromatic rings. The second-order valence-corrected chi connectivity index (χ2v) is 18.0. The third-order valence-corrected chi connectivity index (χ3v) is 13.9. The molecule has 0 saturated carbocycles. The Labute approximate surface area is 364 Å². The van der Waals surface area contributed by atoms with Crippen molar-refractivity contribution in [3.8, 4) is 17.6 Å². The van der Waals surface area contributed by atoms with Crippen molar-refractivity contribution in [2.75, 3.05) is 74.2 Å². The molecule has 0 bridgehead atoms. The second-order valence-electron chi connectivity index (χ2n) is 17.6. The van der Waals surface area contributed by atoms with Crippen molar-refractivity contribution in [2.24, 2.45) is 17.8 Å². The van der Waals surface area contributed by atoms with Gasteiger partial charge in [-0.3, -0.25) is 15.0 Å². The standard InChI is InChI=1S/C48H57ClN8O4/c1-48(2,38-28-36(30-50)45(60-3)43(49)29-38)37-4-10-42(11-5-37)61-32-39-12-20-51-46(52-39)56-23-13-33(14-24-56)31-54-21-15-34(16-22-54)35-17-25-55(26-18-35)40-6-8-41(9-7-40)57-27-19-44(58)53-47(57)59/h4-12,20,28-29,33-35H,13-19,21-27,31-32H2,1-3H3,(H,53,58,59). The summed E-state index contributed by atoms with van der Waals surface area (Å²) >= 11 is 6.47. The van der Waals surface area contributed by atoms with Gasteiger partial charge < -0.3 is 24.2 Å². The molecule has 4 aliphatic heterocycles. The van der Waals surface area contributed by atoms with Crippen LogP contribution in [-0.4, -0.2) is 86.3 Å². The van der Waals surface area contributed by atoms with Crippen molar-refractivity contribution in [3.63, 3.8) is 0 Å². The lowest BCUT2D eigenvalue weighted by Crippen LogP contribution is -2.49. The molecule has 3 aromatic carbocycles. The third kappa shape index (κ3) is 9.74. The maximum absolute atomic E-state index is 12.3. The summed E-state index contributed by atoms with van der Waals surface area (Å²) in [5, 5.41) is 12.5. The van der Waals surface area contributed by atoms with E-state index in [0.717, 1.165) is 85.1 Å². The minimum atomic E-state index is -0.397. The van der Waals surface area contributed by atoms with Gasteiger partial charge in [0.2, 0.25) is 11.9 Å². The van der Waals surface area contributed by atoms with Crippen LogP contribution in [0, 0.1) is 29.1 Å². The number of likely N-dealkylation sites (tertiary alicyclic amines) is 1. The number of hydrogen-bond donors (Lipinski definition) is 1. The number of piperidine rings is 3. The van der Waals surface area contributed by atoms with Crippen LogP contribution < -0.4 is 29.5 Å². The zero-order chi connectivity index (χ0) is 42.5. The van der Waals surface area contributed by atoms with Crippen molar-refractivity contribution < 1.29 is 19.1 Å². The normalized spacial score (nSPS) is 18.8. The predicted octanol–water partition coefficient (Wildman–Crippen LogP) is 8.21. The number of nitrogens with zero attached hydrogens (tertiary/aromatic N) is 7. The van der Waals surface area contributed by atoms with E-state index in [2.05, 4.69) is 69.2 Å². The van der Waals surface area contributed by atoms with E-state index in [0.29, 0.717) is 41.8 Å². The molecule has 61 heavy (non-hydrogen) atoms. The Bertz CT molecular complexity index is 2200. The molecule has 8 rings (SSSR count). The van der Waals surface area contributed by atoms with E-state index in [4.69, 9.17) is 26.1 Å². The van der Waals surface area contributed by atoms with Crippen LogP contribution >= 0.6 is 11.6 Å². The molecule has 4 aliphatic rings. The number of amides is 3. The molecule has 13 heteroatoms. The monoisotopic (exact) mass is 844 g/mol. The van der Waals surface area contributed by atoms with Gasteiger partial charge >= 0.3 is 6.03 Å². The highest BCUT2D eigenvalue weighted by Gasteiger charge is 2.32. The number of carbonyl (C=O) groups is 2. The van der Waals surface area contributed by atoms with Gasteiger partial charge in [0.15, 0.2) is 5.75 Å². The molecule has 0 radical (unpaired) electrons. The number of benzene rings is 3. The molecule has 0 unspecified atom stereocenters. The number of methoxy groups -OCH3 is 1. The molecule has 4 saturated heterocycles. The maximum atomic E-state index is 12.3. The van der Waals surface area contributed by atoms with Gasteiger partial charge in [-0.05, 0) is 135 Å². The molecule has 320 valence electrons. The molecule has 1 N–H and O–H groups in total. The van der Waals surface area contributed by atoms with Gasteiger partial charge in [-0.1, -0.05) is 37.6 Å². The van der Waals surface area contributed by atoms with Crippen LogP contribution in [0.5, 0.6) is 11.5 Å². The minimum absolute atomic E-state index is 0.209. The van der Waals surface area contributed by atoms with E-state index in [9.17, 15) is 14.9 Å². The van der Waals surface area contributed by atoms with Crippen molar-refractivity contribution >= 4 is 40.9 Å². The lowest BCUT2D eigenvalue weighted by atomic mass is 9.77. The Morgan fingerprint density at radius 1 is 0.820 bits per heavy atom. The summed E-state index contributed by atoms with van der Waals surface area (Å²) in [6.07, 6.45) is 9.53. The van der Waals surface area contributed by atoms with Gasteiger partial charge in [0.25, 0.3) is 0 Å². The molecule has 1 aromatic heterocycles. The summed E-state index contributed by atoms with van der Waals surface area (Å²) in [5.74, 6) is 4.02. The smallest absolute Gasteiger partial charge is 0.328 e. The Hall–Kier alpha value is -5.38. The number of aromatic nitrogens is 2. The molecule has 0 spiro atoms. The molecule has 4 fully saturated rings. The van der Waals surface area contributed by atoms with Crippen LogP contribution in [0.15, 0.2) is 72.9 Å². The highest BCUT2D eigenvalue weighted by Crippen LogP contribution is 2.39. The minimum Gasteiger partial charge on any atom is -0.494 e. The zero-order valence-electron chi connectivity index (χ0n) is 35.6. The van der Waals surface area contributed by atoms with Crippen molar-refractivity contribution in [1.29, 1.82) is 5.26 Å². The Morgan fingerprint density at radius 2 is 1.48 bits per heavy atom. The summed E-state index contributed by atoms with van der Waals surface area (Å²) < 4.78 is 11.5. The summed E-state index contributed by atoms with van der Waals surface area (Å²) in [4.78, 5) is 42.5. The Morgan fingerprint density at radius 3 is 2.13 bits per heavy atom.